The Labute approximate surface area is 152 Å². The normalized spacial score (nSPS) is 16.5. The standard InChI is InChI=1S/C20H21N3O3/c1-13-6-5-7-15(10-13)23-12-14(11-18(23)24)19(25)22-17-9-4-3-8-16(17)20(26)21-2/h3-10,14H,11-12H2,1-2H3,(H,21,26)(H,22,25)/t14-/m0/s1. The van der Waals surface area contributed by atoms with Gasteiger partial charge in [-0.1, -0.05) is 24.3 Å². The topological polar surface area (TPSA) is 78.5 Å². The first-order valence-electron chi connectivity index (χ1n) is 8.48. The maximum absolute atomic E-state index is 12.6. The molecule has 1 fully saturated rings. The molecular weight excluding hydrogens is 330 g/mol. The van der Waals surface area contributed by atoms with Crippen molar-refractivity contribution in [3.8, 4) is 0 Å². The number of nitrogens with one attached hydrogen (secondary N) is 2. The van der Waals surface area contributed by atoms with Crippen molar-refractivity contribution in [1.82, 2.24) is 5.32 Å². The number of aryl methyl sites for hydroxylation is 1. The molecule has 134 valence electrons. The van der Waals surface area contributed by atoms with Crippen LogP contribution < -0.4 is 15.5 Å². The summed E-state index contributed by atoms with van der Waals surface area (Å²) in [6, 6.07) is 14.5. The number of nitrogens with zero attached hydrogens (tertiary/aromatic N) is 1. The van der Waals surface area contributed by atoms with Crippen molar-refractivity contribution < 1.29 is 14.4 Å². The molecule has 6 heteroatoms. The van der Waals surface area contributed by atoms with Gasteiger partial charge in [0, 0.05) is 25.7 Å². The minimum absolute atomic E-state index is 0.0738. The summed E-state index contributed by atoms with van der Waals surface area (Å²) in [4.78, 5) is 38.6. The van der Waals surface area contributed by atoms with Gasteiger partial charge in [0.1, 0.15) is 0 Å². The molecule has 1 saturated heterocycles. The highest BCUT2D eigenvalue weighted by Crippen LogP contribution is 2.27. The predicted molar refractivity (Wildman–Crippen MR) is 100 cm³/mol. The average molecular weight is 351 g/mol. The van der Waals surface area contributed by atoms with E-state index in [2.05, 4.69) is 10.6 Å². The van der Waals surface area contributed by atoms with Crippen molar-refractivity contribution in [2.24, 2.45) is 5.92 Å². The molecule has 0 bridgehead atoms. The highest BCUT2D eigenvalue weighted by molar-refractivity contribution is 6.07. The van der Waals surface area contributed by atoms with Crippen molar-refractivity contribution in [3.05, 3.63) is 59.7 Å². The van der Waals surface area contributed by atoms with Crippen molar-refractivity contribution in [2.75, 3.05) is 23.8 Å². The average Bonchev–Trinajstić information content (AvgIpc) is 3.03. The van der Waals surface area contributed by atoms with Crippen LogP contribution in [0.3, 0.4) is 0 Å². The second-order valence-electron chi connectivity index (χ2n) is 6.36. The van der Waals surface area contributed by atoms with E-state index in [1.54, 1.807) is 29.2 Å². The molecule has 0 aromatic heterocycles. The molecule has 26 heavy (non-hydrogen) atoms. The number of anilines is 2. The van der Waals surface area contributed by atoms with Crippen LogP contribution in [0.1, 0.15) is 22.3 Å². The van der Waals surface area contributed by atoms with E-state index in [1.165, 1.54) is 7.05 Å². The largest absolute Gasteiger partial charge is 0.355 e. The van der Waals surface area contributed by atoms with Crippen LogP contribution in [0.15, 0.2) is 48.5 Å². The highest BCUT2D eigenvalue weighted by Gasteiger charge is 2.35. The van der Waals surface area contributed by atoms with Gasteiger partial charge in [0.15, 0.2) is 0 Å². The summed E-state index contributed by atoms with van der Waals surface area (Å²) >= 11 is 0. The fraction of sp³-hybridized carbons (Fsp3) is 0.250. The van der Waals surface area contributed by atoms with E-state index < -0.39 is 5.92 Å². The molecule has 3 rings (SSSR count). The van der Waals surface area contributed by atoms with E-state index in [1.807, 2.05) is 31.2 Å². The van der Waals surface area contributed by atoms with Crippen molar-refractivity contribution >= 4 is 29.1 Å². The summed E-state index contributed by atoms with van der Waals surface area (Å²) in [6.07, 6.45) is 0.155. The van der Waals surface area contributed by atoms with Crippen molar-refractivity contribution in [1.29, 1.82) is 0 Å². The lowest BCUT2D eigenvalue weighted by Gasteiger charge is -2.17. The van der Waals surface area contributed by atoms with Gasteiger partial charge in [0.2, 0.25) is 11.8 Å². The summed E-state index contributed by atoms with van der Waals surface area (Å²) in [7, 11) is 1.54. The zero-order valence-corrected chi connectivity index (χ0v) is 14.8. The molecule has 6 nitrogen and oxygen atoms in total. The highest BCUT2D eigenvalue weighted by atomic mass is 16.2. The number of amides is 3. The lowest BCUT2D eigenvalue weighted by Crippen LogP contribution is -2.29. The van der Waals surface area contributed by atoms with E-state index in [0.29, 0.717) is 17.8 Å². The molecule has 0 unspecified atom stereocenters. The van der Waals surface area contributed by atoms with Crippen LogP contribution in [0.25, 0.3) is 0 Å². The molecule has 3 amide bonds. The summed E-state index contributed by atoms with van der Waals surface area (Å²) < 4.78 is 0. The van der Waals surface area contributed by atoms with Gasteiger partial charge < -0.3 is 15.5 Å². The van der Waals surface area contributed by atoms with Gasteiger partial charge in [-0.05, 0) is 36.8 Å². The van der Waals surface area contributed by atoms with Crippen molar-refractivity contribution in [3.63, 3.8) is 0 Å². The molecular formula is C20H21N3O3. The molecule has 2 aromatic carbocycles. The summed E-state index contributed by atoms with van der Waals surface area (Å²) in [5.41, 5.74) is 2.69. The number of carbonyl (C=O) groups is 3. The SMILES string of the molecule is CNC(=O)c1ccccc1NC(=O)[C@H]1CC(=O)N(c2cccc(C)c2)C1. The molecule has 2 N–H and O–H groups in total. The molecule has 1 heterocycles. The van der Waals surface area contributed by atoms with Gasteiger partial charge in [0.25, 0.3) is 5.91 Å². The second kappa shape index (κ2) is 7.39. The summed E-state index contributed by atoms with van der Waals surface area (Å²) in [5.74, 6) is -1.06. The number of rotatable bonds is 4. The molecule has 1 aliphatic rings. The first kappa shape index (κ1) is 17.7. The third-order valence-corrected chi connectivity index (χ3v) is 4.47. The van der Waals surface area contributed by atoms with Crippen LogP contribution in [-0.4, -0.2) is 31.3 Å². The lowest BCUT2D eigenvalue weighted by molar-refractivity contribution is -0.122. The molecule has 0 saturated carbocycles. The molecule has 1 atom stereocenters. The molecule has 2 aromatic rings. The Bertz CT molecular complexity index is 863. The van der Waals surface area contributed by atoms with Crippen molar-refractivity contribution in [2.45, 2.75) is 13.3 Å². The van der Waals surface area contributed by atoms with Crippen LogP contribution in [0.2, 0.25) is 0 Å². The zero-order chi connectivity index (χ0) is 18.7. The van der Waals surface area contributed by atoms with Crippen LogP contribution in [-0.2, 0) is 9.59 Å². The Morgan fingerprint density at radius 3 is 2.62 bits per heavy atom. The first-order valence-corrected chi connectivity index (χ1v) is 8.48. The maximum atomic E-state index is 12.6. The summed E-state index contributed by atoms with van der Waals surface area (Å²) in [5, 5.41) is 5.35. The van der Waals surface area contributed by atoms with E-state index in [9.17, 15) is 14.4 Å². The molecule has 1 aliphatic heterocycles. The smallest absolute Gasteiger partial charge is 0.253 e. The molecule has 0 radical (unpaired) electrons. The zero-order valence-electron chi connectivity index (χ0n) is 14.8. The summed E-state index contributed by atoms with van der Waals surface area (Å²) in [6.45, 7) is 2.29. The van der Waals surface area contributed by atoms with E-state index >= 15 is 0 Å². The predicted octanol–water partition coefficient (Wildman–Crippen LogP) is 2.35. The number of benzene rings is 2. The first-order chi connectivity index (χ1) is 12.5. The Kier molecular flexibility index (Phi) is 5.02. The number of hydrogen-bond donors (Lipinski definition) is 2. The minimum Gasteiger partial charge on any atom is -0.355 e. The lowest BCUT2D eigenvalue weighted by atomic mass is 10.1. The number of para-hydroxylation sites is 1. The Hall–Kier alpha value is -3.15. The van der Waals surface area contributed by atoms with Gasteiger partial charge in [-0.2, -0.15) is 0 Å². The monoisotopic (exact) mass is 351 g/mol. The van der Waals surface area contributed by atoms with E-state index in [-0.39, 0.29) is 24.1 Å². The van der Waals surface area contributed by atoms with Gasteiger partial charge >= 0.3 is 0 Å². The Morgan fingerprint density at radius 2 is 1.88 bits per heavy atom. The van der Waals surface area contributed by atoms with Crippen LogP contribution in [0, 0.1) is 12.8 Å². The van der Waals surface area contributed by atoms with Crippen LogP contribution in [0.4, 0.5) is 11.4 Å². The van der Waals surface area contributed by atoms with Gasteiger partial charge in [-0.15, -0.1) is 0 Å². The third kappa shape index (κ3) is 3.59. The van der Waals surface area contributed by atoms with Gasteiger partial charge in [-0.3, -0.25) is 14.4 Å². The fourth-order valence-corrected chi connectivity index (χ4v) is 3.09. The number of carbonyl (C=O) groups excluding carboxylic acids is 3. The second-order valence-corrected chi connectivity index (χ2v) is 6.36. The molecule has 0 spiro atoms. The number of hydrogen-bond acceptors (Lipinski definition) is 3. The minimum atomic E-state index is -0.458. The quantitative estimate of drug-likeness (QED) is 0.887. The van der Waals surface area contributed by atoms with Crippen LogP contribution in [0.5, 0.6) is 0 Å². The third-order valence-electron chi connectivity index (χ3n) is 4.47. The molecule has 0 aliphatic carbocycles. The Balaban J connectivity index is 1.74. The van der Waals surface area contributed by atoms with Crippen LogP contribution >= 0.6 is 0 Å². The van der Waals surface area contributed by atoms with Gasteiger partial charge in [-0.25, -0.2) is 0 Å². The fourth-order valence-electron chi connectivity index (χ4n) is 3.09. The Morgan fingerprint density at radius 1 is 1.12 bits per heavy atom. The maximum Gasteiger partial charge on any atom is 0.253 e. The van der Waals surface area contributed by atoms with E-state index in [4.69, 9.17) is 0 Å². The van der Waals surface area contributed by atoms with Gasteiger partial charge in [0.05, 0.1) is 17.2 Å². The van der Waals surface area contributed by atoms with E-state index in [0.717, 1.165) is 11.3 Å².